The third kappa shape index (κ3) is 4.88. The smallest absolute Gasteiger partial charge is 0.0234 e. The summed E-state index contributed by atoms with van der Waals surface area (Å²) in [5.74, 6) is 0. The van der Waals surface area contributed by atoms with E-state index >= 15 is 0 Å². The van der Waals surface area contributed by atoms with Crippen LogP contribution in [0.5, 0.6) is 0 Å². The summed E-state index contributed by atoms with van der Waals surface area (Å²) in [6, 6.07) is 9.22. The van der Waals surface area contributed by atoms with Gasteiger partial charge in [-0.15, -0.1) is 0 Å². The molecule has 0 aliphatic carbocycles. The highest BCUT2D eigenvalue weighted by Crippen LogP contribution is 2.12. The lowest BCUT2D eigenvalue weighted by molar-refractivity contribution is 0.223. The van der Waals surface area contributed by atoms with Crippen LogP contribution in [0.1, 0.15) is 37.3 Å². The topological polar surface area (TPSA) is 29.3 Å². The molecule has 17 heavy (non-hydrogen) atoms. The van der Waals surface area contributed by atoms with E-state index in [1.54, 1.807) is 0 Å². The number of benzene rings is 1. The van der Waals surface area contributed by atoms with Gasteiger partial charge >= 0.3 is 0 Å². The Balaban J connectivity index is 2.54. The summed E-state index contributed by atoms with van der Waals surface area (Å²) in [5, 5.41) is 0. The summed E-state index contributed by atoms with van der Waals surface area (Å²) in [7, 11) is 2.18. The summed E-state index contributed by atoms with van der Waals surface area (Å²) in [6.45, 7) is 6.12. The van der Waals surface area contributed by atoms with Gasteiger partial charge in [-0.25, -0.2) is 0 Å². The number of likely N-dealkylation sites (N-methyl/N-ethyl adjacent to an activating group) is 1. The van der Waals surface area contributed by atoms with Gasteiger partial charge in [0.2, 0.25) is 0 Å². The van der Waals surface area contributed by atoms with Crippen molar-refractivity contribution >= 4 is 0 Å². The first-order chi connectivity index (χ1) is 8.17. The molecule has 0 aliphatic heterocycles. The molecule has 2 heteroatoms. The fourth-order valence-electron chi connectivity index (χ4n) is 2.19. The lowest BCUT2D eigenvalue weighted by Crippen LogP contribution is -2.37. The average molecular weight is 234 g/mol. The van der Waals surface area contributed by atoms with Crippen molar-refractivity contribution in [3.05, 3.63) is 35.4 Å². The molecule has 0 aliphatic rings. The van der Waals surface area contributed by atoms with Crippen molar-refractivity contribution in [3.8, 4) is 0 Å². The summed E-state index contributed by atoms with van der Waals surface area (Å²) < 4.78 is 0. The molecule has 0 heterocycles. The van der Waals surface area contributed by atoms with Crippen molar-refractivity contribution in [1.82, 2.24) is 4.90 Å². The molecule has 0 fully saturated rings. The van der Waals surface area contributed by atoms with Crippen LogP contribution in [0.25, 0.3) is 0 Å². The van der Waals surface area contributed by atoms with E-state index in [0.29, 0.717) is 6.04 Å². The molecule has 2 nitrogen and oxygen atoms in total. The molecule has 0 spiro atoms. The normalized spacial score (nSPS) is 13.0. The van der Waals surface area contributed by atoms with Crippen LogP contribution in [-0.2, 0) is 6.54 Å². The van der Waals surface area contributed by atoms with Gasteiger partial charge in [0.05, 0.1) is 0 Å². The van der Waals surface area contributed by atoms with Crippen LogP contribution in [0.2, 0.25) is 0 Å². The Kier molecular flexibility index (Phi) is 6.23. The molecule has 1 rings (SSSR count). The fourth-order valence-corrected chi connectivity index (χ4v) is 2.19. The minimum Gasteiger partial charge on any atom is -0.329 e. The van der Waals surface area contributed by atoms with E-state index < -0.39 is 0 Å². The third-order valence-electron chi connectivity index (χ3n) is 3.30. The van der Waals surface area contributed by atoms with E-state index in [2.05, 4.69) is 50.1 Å². The van der Waals surface area contributed by atoms with Crippen molar-refractivity contribution < 1.29 is 0 Å². The number of nitrogens with zero attached hydrogens (tertiary/aromatic N) is 1. The second-order valence-corrected chi connectivity index (χ2v) is 4.94. The first-order valence-corrected chi connectivity index (χ1v) is 6.63. The molecular formula is C15H26N2. The largest absolute Gasteiger partial charge is 0.329 e. The van der Waals surface area contributed by atoms with Gasteiger partial charge in [-0.3, -0.25) is 4.90 Å². The first kappa shape index (κ1) is 14.2. The van der Waals surface area contributed by atoms with Crippen LogP contribution in [0.15, 0.2) is 24.3 Å². The van der Waals surface area contributed by atoms with Crippen molar-refractivity contribution in [2.24, 2.45) is 5.73 Å². The van der Waals surface area contributed by atoms with Crippen LogP contribution in [0.4, 0.5) is 0 Å². The van der Waals surface area contributed by atoms with Crippen molar-refractivity contribution in [1.29, 1.82) is 0 Å². The summed E-state index contributed by atoms with van der Waals surface area (Å²) in [4.78, 5) is 2.38. The van der Waals surface area contributed by atoms with Crippen molar-refractivity contribution in [2.75, 3.05) is 13.6 Å². The Bertz CT molecular complexity index is 322. The first-order valence-electron chi connectivity index (χ1n) is 6.63. The molecule has 0 aromatic heterocycles. The van der Waals surface area contributed by atoms with E-state index in [-0.39, 0.29) is 0 Å². The number of hydrogen-bond donors (Lipinski definition) is 1. The monoisotopic (exact) mass is 234 g/mol. The highest BCUT2D eigenvalue weighted by Gasteiger charge is 2.12. The molecule has 2 N–H and O–H groups in total. The van der Waals surface area contributed by atoms with Crippen LogP contribution < -0.4 is 5.73 Å². The quantitative estimate of drug-likeness (QED) is 0.786. The highest BCUT2D eigenvalue weighted by molar-refractivity contribution is 5.22. The molecule has 0 saturated carbocycles. The molecule has 1 aromatic rings. The third-order valence-corrected chi connectivity index (χ3v) is 3.30. The molecule has 0 amide bonds. The lowest BCUT2D eigenvalue weighted by Gasteiger charge is -2.27. The number of unbranched alkanes of at least 4 members (excludes halogenated alkanes) is 1. The summed E-state index contributed by atoms with van der Waals surface area (Å²) in [5.41, 5.74) is 8.56. The fraction of sp³-hybridized carbons (Fsp3) is 0.600. The Morgan fingerprint density at radius 3 is 2.71 bits per heavy atom. The Morgan fingerprint density at radius 1 is 1.35 bits per heavy atom. The lowest BCUT2D eigenvalue weighted by atomic mass is 10.1. The highest BCUT2D eigenvalue weighted by atomic mass is 15.1. The number of nitrogens with two attached hydrogens (primary N) is 1. The van der Waals surface area contributed by atoms with Gasteiger partial charge in [0.1, 0.15) is 0 Å². The maximum absolute atomic E-state index is 5.86. The Hall–Kier alpha value is -0.860. The Labute approximate surface area is 106 Å². The molecule has 1 unspecified atom stereocenters. The number of rotatable bonds is 7. The van der Waals surface area contributed by atoms with Gasteiger partial charge in [-0.1, -0.05) is 49.6 Å². The van der Waals surface area contributed by atoms with Crippen molar-refractivity contribution in [3.63, 3.8) is 0 Å². The zero-order chi connectivity index (χ0) is 12.7. The maximum atomic E-state index is 5.86. The van der Waals surface area contributed by atoms with E-state index in [1.165, 1.54) is 30.4 Å². The minimum absolute atomic E-state index is 0.510. The van der Waals surface area contributed by atoms with E-state index in [4.69, 9.17) is 5.73 Å². The molecular weight excluding hydrogens is 208 g/mol. The van der Waals surface area contributed by atoms with Gasteiger partial charge in [0.25, 0.3) is 0 Å². The number of aryl methyl sites for hydroxylation is 1. The van der Waals surface area contributed by atoms with Crippen LogP contribution in [0, 0.1) is 6.92 Å². The minimum atomic E-state index is 0.510. The second-order valence-electron chi connectivity index (χ2n) is 4.94. The second kappa shape index (κ2) is 7.46. The molecule has 0 bridgehead atoms. The zero-order valence-corrected chi connectivity index (χ0v) is 11.4. The van der Waals surface area contributed by atoms with Gasteiger partial charge in [0, 0.05) is 19.1 Å². The predicted octanol–water partition coefficient (Wildman–Crippen LogP) is 2.94. The molecule has 0 radical (unpaired) electrons. The predicted molar refractivity (Wildman–Crippen MR) is 75.0 cm³/mol. The zero-order valence-electron chi connectivity index (χ0n) is 11.4. The van der Waals surface area contributed by atoms with Gasteiger partial charge in [-0.2, -0.15) is 0 Å². The maximum Gasteiger partial charge on any atom is 0.0234 e. The van der Waals surface area contributed by atoms with Gasteiger partial charge in [0.15, 0.2) is 0 Å². The summed E-state index contributed by atoms with van der Waals surface area (Å²) >= 11 is 0. The average Bonchev–Trinajstić information content (AvgIpc) is 2.30. The molecule has 0 saturated heterocycles. The molecule has 1 atom stereocenters. The van der Waals surface area contributed by atoms with E-state index in [9.17, 15) is 0 Å². The van der Waals surface area contributed by atoms with Gasteiger partial charge < -0.3 is 5.73 Å². The standard InChI is InChI=1S/C15H26N2/c1-4-5-9-15(11-16)17(3)12-14-8-6-7-13(2)10-14/h6-8,10,15H,4-5,9,11-12,16H2,1-3H3. The summed E-state index contributed by atoms with van der Waals surface area (Å²) in [6.07, 6.45) is 3.71. The van der Waals surface area contributed by atoms with E-state index in [0.717, 1.165) is 13.1 Å². The van der Waals surface area contributed by atoms with E-state index in [1.807, 2.05) is 0 Å². The number of hydrogen-bond acceptors (Lipinski definition) is 2. The molecule has 1 aromatic carbocycles. The van der Waals surface area contributed by atoms with Crippen LogP contribution >= 0.6 is 0 Å². The van der Waals surface area contributed by atoms with Crippen LogP contribution in [-0.4, -0.2) is 24.5 Å². The van der Waals surface area contributed by atoms with Crippen LogP contribution in [0.3, 0.4) is 0 Å². The van der Waals surface area contributed by atoms with Gasteiger partial charge in [-0.05, 0) is 26.0 Å². The molecule has 96 valence electrons. The SMILES string of the molecule is CCCCC(CN)N(C)Cc1cccc(C)c1. The van der Waals surface area contributed by atoms with Crippen molar-refractivity contribution in [2.45, 2.75) is 45.7 Å². The Morgan fingerprint density at radius 2 is 2.12 bits per heavy atom.